The second kappa shape index (κ2) is 9.52. The van der Waals surface area contributed by atoms with Crippen LogP contribution in [-0.2, 0) is 16.0 Å². The Balaban J connectivity index is 1.66. The van der Waals surface area contributed by atoms with E-state index in [1.165, 1.54) is 31.2 Å². The number of nitrogens with one attached hydrogen (secondary N) is 1. The van der Waals surface area contributed by atoms with Gasteiger partial charge in [-0.1, -0.05) is 54.6 Å². The molecule has 0 aromatic heterocycles. The van der Waals surface area contributed by atoms with E-state index in [1.807, 2.05) is 54.6 Å². The summed E-state index contributed by atoms with van der Waals surface area (Å²) in [6, 6.07) is 22.9. The predicted octanol–water partition coefficient (Wildman–Crippen LogP) is 3.11. The Bertz CT molecular complexity index is 1030. The highest BCUT2D eigenvalue weighted by molar-refractivity contribution is 5.97. The van der Waals surface area contributed by atoms with Crippen LogP contribution < -0.4 is 15.8 Å². The Kier molecular flexibility index (Phi) is 6.60. The van der Waals surface area contributed by atoms with Crippen LogP contribution >= 0.6 is 0 Å². The van der Waals surface area contributed by atoms with Crippen LogP contribution in [0.3, 0.4) is 0 Å². The molecular formula is C24H22N2O4. The standard InChI is InChI=1S/C24H22N2O4/c1-16(27)30-21-13-11-20(12-14-21)24(29)26-22(23(25)28)15-17-7-9-19(10-8-17)18-5-3-2-4-6-18/h2-14,22H,15H2,1H3,(H2,25,28)(H,26,29)/t22-/m0/s1. The Morgan fingerprint density at radius 2 is 1.47 bits per heavy atom. The number of hydrogen-bond acceptors (Lipinski definition) is 4. The van der Waals surface area contributed by atoms with E-state index in [4.69, 9.17) is 10.5 Å². The maximum Gasteiger partial charge on any atom is 0.308 e. The van der Waals surface area contributed by atoms with Gasteiger partial charge in [0, 0.05) is 18.9 Å². The van der Waals surface area contributed by atoms with Crippen molar-refractivity contribution in [3.63, 3.8) is 0 Å². The van der Waals surface area contributed by atoms with Crippen molar-refractivity contribution in [3.8, 4) is 16.9 Å². The molecule has 2 amide bonds. The Morgan fingerprint density at radius 3 is 2.03 bits per heavy atom. The molecule has 0 aliphatic carbocycles. The number of carbonyl (C=O) groups is 3. The second-order valence-corrected chi connectivity index (χ2v) is 6.81. The largest absolute Gasteiger partial charge is 0.427 e. The lowest BCUT2D eigenvalue weighted by atomic mass is 10.00. The number of rotatable bonds is 7. The summed E-state index contributed by atoms with van der Waals surface area (Å²) in [6.45, 7) is 1.30. The molecular weight excluding hydrogens is 380 g/mol. The molecule has 0 unspecified atom stereocenters. The summed E-state index contributed by atoms with van der Waals surface area (Å²) in [4.78, 5) is 35.4. The van der Waals surface area contributed by atoms with Gasteiger partial charge in [0.1, 0.15) is 11.8 Å². The average molecular weight is 402 g/mol. The van der Waals surface area contributed by atoms with Gasteiger partial charge in [0.05, 0.1) is 0 Å². The summed E-state index contributed by atoms with van der Waals surface area (Å²) in [7, 11) is 0. The summed E-state index contributed by atoms with van der Waals surface area (Å²) in [5.74, 6) is -1.16. The van der Waals surface area contributed by atoms with Gasteiger partial charge in [-0.15, -0.1) is 0 Å². The number of ether oxygens (including phenoxy) is 1. The fourth-order valence-electron chi connectivity index (χ4n) is 3.00. The van der Waals surface area contributed by atoms with E-state index in [0.29, 0.717) is 11.3 Å². The quantitative estimate of drug-likeness (QED) is 0.469. The molecule has 152 valence electrons. The first-order valence-corrected chi connectivity index (χ1v) is 9.45. The number of benzene rings is 3. The van der Waals surface area contributed by atoms with Crippen LogP contribution in [0.2, 0.25) is 0 Å². The van der Waals surface area contributed by atoms with Crippen molar-refractivity contribution >= 4 is 17.8 Å². The SMILES string of the molecule is CC(=O)Oc1ccc(C(=O)N[C@@H](Cc2ccc(-c3ccccc3)cc2)C(N)=O)cc1. The van der Waals surface area contributed by atoms with Gasteiger partial charge >= 0.3 is 5.97 Å². The molecule has 0 fully saturated rings. The second-order valence-electron chi connectivity index (χ2n) is 6.81. The maximum absolute atomic E-state index is 12.5. The first kappa shape index (κ1) is 20.8. The lowest BCUT2D eigenvalue weighted by Crippen LogP contribution is -2.45. The molecule has 3 rings (SSSR count). The Hall–Kier alpha value is -3.93. The van der Waals surface area contributed by atoms with Crippen LogP contribution in [0.5, 0.6) is 5.75 Å². The molecule has 0 aliphatic rings. The molecule has 0 saturated carbocycles. The lowest BCUT2D eigenvalue weighted by molar-refractivity contribution is -0.131. The van der Waals surface area contributed by atoms with E-state index in [2.05, 4.69) is 5.32 Å². The summed E-state index contributed by atoms with van der Waals surface area (Å²) in [5, 5.41) is 2.67. The molecule has 3 N–H and O–H groups in total. The number of esters is 1. The lowest BCUT2D eigenvalue weighted by Gasteiger charge is -2.16. The van der Waals surface area contributed by atoms with Crippen LogP contribution in [0.25, 0.3) is 11.1 Å². The molecule has 0 bridgehead atoms. The molecule has 3 aromatic rings. The third-order valence-electron chi connectivity index (χ3n) is 4.53. The summed E-state index contributed by atoms with van der Waals surface area (Å²) >= 11 is 0. The van der Waals surface area contributed by atoms with Crippen molar-refractivity contribution < 1.29 is 19.1 Å². The van der Waals surface area contributed by atoms with E-state index in [1.54, 1.807) is 0 Å². The van der Waals surface area contributed by atoms with Crippen LogP contribution in [0.4, 0.5) is 0 Å². The van der Waals surface area contributed by atoms with Gasteiger partial charge in [0.15, 0.2) is 0 Å². The molecule has 3 aromatic carbocycles. The Morgan fingerprint density at radius 1 is 0.867 bits per heavy atom. The van der Waals surface area contributed by atoms with E-state index >= 15 is 0 Å². The van der Waals surface area contributed by atoms with Gasteiger partial charge in [-0.2, -0.15) is 0 Å². The molecule has 0 radical (unpaired) electrons. The van der Waals surface area contributed by atoms with E-state index < -0.39 is 23.8 Å². The number of nitrogens with two attached hydrogens (primary N) is 1. The van der Waals surface area contributed by atoms with Crippen molar-refractivity contribution in [2.75, 3.05) is 0 Å². The van der Waals surface area contributed by atoms with Crippen LogP contribution in [0, 0.1) is 0 Å². The molecule has 0 aliphatic heterocycles. The number of primary amides is 1. The highest BCUT2D eigenvalue weighted by atomic mass is 16.5. The highest BCUT2D eigenvalue weighted by Gasteiger charge is 2.19. The fourth-order valence-corrected chi connectivity index (χ4v) is 3.00. The first-order chi connectivity index (χ1) is 14.4. The van der Waals surface area contributed by atoms with E-state index in [9.17, 15) is 14.4 Å². The molecule has 0 saturated heterocycles. The normalized spacial score (nSPS) is 11.4. The smallest absolute Gasteiger partial charge is 0.308 e. The third-order valence-corrected chi connectivity index (χ3v) is 4.53. The molecule has 1 atom stereocenters. The van der Waals surface area contributed by atoms with Crippen LogP contribution in [0.1, 0.15) is 22.8 Å². The number of amides is 2. The molecule has 0 spiro atoms. The van der Waals surface area contributed by atoms with Crippen molar-refractivity contribution in [1.29, 1.82) is 0 Å². The number of hydrogen-bond donors (Lipinski definition) is 2. The van der Waals surface area contributed by atoms with Gasteiger partial charge < -0.3 is 15.8 Å². The van der Waals surface area contributed by atoms with Gasteiger partial charge in [0.2, 0.25) is 5.91 Å². The summed E-state index contributed by atoms with van der Waals surface area (Å²) in [6.07, 6.45) is 0.279. The average Bonchev–Trinajstić information content (AvgIpc) is 2.74. The highest BCUT2D eigenvalue weighted by Crippen LogP contribution is 2.20. The maximum atomic E-state index is 12.5. The van der Waals surface area contributed by atoms with Gasteiger partial charge in [0.25, 0.3) is 5.91 Å². The zero-order valence-electron chi connectivity index (χ0n) is 16.5. The zero-order chi connectivity index (χ0) is 21.5. The van der Waals surface area contributed by atoms with Crippen LogP contribution in [0.15, 0.2) is 78.9 Å². The van der Waals surface area contributed by atoms with Crippen molar-refractivity contribution in [3.05, 3.63) is 90.0 Å². The van der Waals surface area contributed by atoms with Crippen molar-refractivity contribution in [1.82, 2.24) is 5.32 Å². The summed E-state index contributed by atoms with van der Waals surface area (Å²) < 4.78 is 4.94. The van der Waals surface area contributed by atoms with Crippen molar-refractivity contribution in [2.24, 2.45) is 5.73 Å². The van der Waals surface area contributed by atoms with Gasteiger partial charge in [-0.05, 0) is 41.0 Å². The van der Waals surface area contributed by atoms with Gasteiger partial charge in [-0.25, -0.2) is 0 Å². The number of carbonyl (C=O) groups excluding carboxylic acids is 3. The van der Waals surface area contributed by atoms with E-state index in [-0.39, 0.29) is 6.42 Å². The minimum absolute atomic E-state index is 0.279. The zero-order valence-corrected chi connectivity index (χ0v) is 16.5. The van der Waals surface area contributed by atoms with E-state index in [0.717, 1.165) is 16.7 Å². The van der Waals surface area contributed by atoms with Crippen molar-refractivity contribution in [2.45, 2.75) is 19.4 Å². The molecule has 30 heavy (non-hydrogen) atoms. The monoisotopic (exact) mass is 402 g/mol. The first-order valence-electron chi connectivity index (χ1n) is 9.45. The van der Waals surface area contributed by atoms with Crippen LogP contribution in [-0.4, -0.2) is 23.8 Å². The molecule has 6 heteroatoms. The minimum atomic E-state index is -0.853. The predicted molar refractivity (Wildman–Crippen MR) is 114 cm³/mol. The Labute approximate surface area is 174 Å². The van der Waals surface area contributed by atoms with Gasteiger partial charge in [-0.3, -0.25) is 14.4 Å². The molecule has 0 heterocycles. The third kappa shape index (κ3) is 5.54. The topological polar surface area (TPSA) is 98.5 Å². The minimum Gasteiger partial charge on any atom is -0.427 e. The fraction of sp³-hybridized carbons (Fsp3) is 0.125. The molecule has 6 nitrogen and oxygen atoms in total. The summed E-state index contributed by atoms with van der Waals surface area (Å²) in [5.41, 5.74) is 8.87.